The smallest absolute Gasteiger partial charge is 0.279 e. The van der Waals surface area contributed by atoms with E-state index in [0.717, 1.165) is 11.3 Å². The number of rotatable bonds is 8. The molecule has 1 unspecified atom stereocenters. The molecule has 0 aliphatic rings. The van der Waals surface area contributed by atoms with E-state index in [1.54, 1.807) is 35.6 Å². The lowest BCUT2D eigenvalue weighted by molar-refractivity contribution is -0.862. The first-order valence-corrected chi connectivity index (χ1v) is 8.95. The van der Waals surface area contributed by atoms with Gasteiger partial charge in [0.1, 0.15) is 0 Å². The lowest BCUT2D eigenvalue weighted by Gasteiger charge is -2.14. The topological polar surface area (TPSA) is 62.6 Å². The van der Waals surface area contributed by atoms with Crippen LogP contribution in [0.3, 0.4) is 0 Å². The lowest BCUT2D eigenvalue weighted by atomic mass is 10.3. The Hall–Kier alpha value is -1.89. The summed E-state index contributed by atoms with van der Waals surface area (Å²) in [6, 6.07) is 11.1. The molecule has 0 radical (unpaired) electrons. The van der Waals surface area contributed by atoms with Crippen LogP contribution in [0.25, 0.3) is 0 Å². The molecule has 0 saturated heterocycles. The minimum atomic E-state index is -0.174. The van der Waals surface area contributed by atoms with Gasteiger partial charge in [0.15, 0.2) is 13.1 Å². The van der Waals surface area contributed by atoms with E-state index >= 15 is 0 Å². The molecule has 2 amide bonds. The molecule has 1 atom stereocenters. The van der Waals surface area contributed by atoms with Crippen molar-refractivity contribution in [1.29, 1.82) is 0 Å². The van der Waals surface area contributed by atoms with Crippen molar-refractivity contribution in [3.63, 3.8) is 0 Å². The van der Waals surface area contributed by atoms with Crippen LogP contribution < -0.4 is 15.5 Å². The number of nitrogens with one attached hydrogen (secondary N) is 3. The molecule has 0 fully saturated rings. The molecule has 2 aromatic rings. The molecule has 0 saturated carbocycles. The Morgan fingerprint density at radius 1 is 1.12 bits per heavy atom. The molecule has 0 aliphatic carbocycles. The summed E-state index contributed by atoms with van der Waals surface area (Å²) in [6.07, 6.45) is 0.829. The molecule has 1 heterocycles. The van der Waals surface area contributed by atoms with Crippen LogP contribution in [-0.2, 0) is 16.0 Å². The van der Waals surface area contributed by atoms with Crippen LogP contribution >= 0.6 is 22.9 Å². The van der Waals surface area contributed by atoms with Crippen molar-refractivity contribution in [2.45, 2.75) is 6.42 Å². The van der Waals surface area contributed by atoms with E-state index in [2.05, 4.69) is 10.6 Å². The Morgan fingerprint density at radius 3 is 2.58 bits per heavy atom. The first-order valence-electron chi connectivity index (χ1n) is 7.69. The summed E-state index contributed by atoms with van der Waals surface area (Å²) in [5.74, 6) is -0.235. The zero-order valence-corrected chi connectivity index (χ0v) is 15.0. The number of carbonyl (C=O) groups excluding carboxylic acids is 2. The quantitative estimate of drug-likeness (QED) is 0.657. The third-order valence-corrected chi connectivity index (χ3v) is 4.61. The fraction of sp³-hybridized carbons (Fsp3) is 0.294. The van der Waals surface area contributed by atoms with Gasteiger partial charge >= 0.3 is 0 Å². The van der Waals surface area contributed by atoms with Crippen molar-refractivity contribution in [2.75, 3.05) is 32.0 Å². The van der Waals surface area contributed by atoms with Crippen molar-refractivity contribution in [3.8, 4) is 0 Å². The molecule has 3 N–H and O–H groups in total. The highest BCUT2D eigenvalue weighted by Crippen LogP contribution is 2.19. The van der Waals surface area contributed by atoms with Gasteiger partial charge in [0.05, 0.1) is 17.8 Å². The Labute approximate surface area is 150 Å². The second kappa shape index (κ2) is 9.42. The molecule has 0 spiro atoms. The fourth-order valence-corrected chi connectivity index (χ4v) is 3.10. The van der Waals surface area contributed by atoms with E-state index in [1.807, 2.05) is 24.6 Å². The van der Waals surface area contributed by atoms with Gasteiger partial charge in [-0.2, -0.15) is 0 Å². The van der Waals surface area contributed by atoms with E-state index in [1.165, 1.54) is 4.88 Å². The van der Waals surface area contributed by atoms with Crippen LogP contribution in [0.2, 0.25) is 5.02 Å². The van der Waals surface area contributed by atoms with E-state index in [9.17, 15) is 9.59 Å². The molecule has 1 aromatic carbocycles. The van der Waals surface area contributed by atoms with E-state index in [-0.39, 0.29) is 24.9 Å². The van der Waals surface area contributed by atoms with Crippen LogP contribution in [0, 0.1) is 0 Å². The lowest BCUT2D eigenvalue weighted by Crippen LogP contribution is -3.11. The Bertz CT molecular complexity index is 676. The molecule has 0 aliphatic heterocycles. The van der Waals surface area contributed by atoms with Gasteiger partial charge in [-0.25, -0.2) is 0 Å². The van der Waals surface area contributed by atoms with Crippen molar-refractivity contribution >= 4 is 40.4 Å². The number of amides is 2. The third kappa shape index (κ3) is 6.31. The molecule has 1 aromatic heterocycles. The minimum absolute atomic E-state index is 0.0606. The second-order valence-electron chi connectivity index (χ2n) is 5.52. The van der Waals surface area contributed by atoms with Gasteiger partial charge in [-0.15, -0.1) is 11.3 Å². The van der Waals surface area contributed by atoms with Crippen LogP contribution in [0.1, 0.15) is 4.88 Å². The average Bonchev–Trinajstić information content (AvgIpc) is 3.02. The SMILES string of the molecule is C[NH+](CC(=O)NCCc1cccs1)CC(=O)Nc1ccccc1Cl. The molecule has 0 bridgehead atoms. The maximum atomic E-state index is 12.0. The number of hydrogen-bond donors (Lipinski definition) is 3. The molecular formula is C17H21ClN3O2S+. The van der Waals surface area contributed by atoms with Gasteiger partial charge in [0.2, 0.25) is 0 Å². The summed E-state index contributed by atoms with van der Waals surface area (Å²) in [6.45, 7) is 1.06. The van der Waals surface area contributed by atoms with Crippen LogP contribution in [0.15, 0.2) is 41.8 Å². The highest BCUT2D eigenvalue weighted by atomic mass is 35.5. The molecule has 24 heavy (non-hydrogen) atoms. The number of para-hydroxylation sites is 1. The standard InChI is InChI=1S/C17H20ClN3O2S/c1-21(11-16(22)19-9-8-13-5-4-10-24-13)12-17(23)20-15-7-3-2-6-14(15)18/h2-7,10H,8-9,11-12H2,1H3,(H,19,22)(H,20,23)/p+1. The van der Waals surface area contributed by atoms with Crippen molar-refractivity contribution < 1.29 is 14.5 Å². The molecule has 128 valence electrons. The van der Waals surface area contributed by atoms with Crippen molar-refractivity contribution in [2.24, 2.45) is 0 Å². The second-order valence-corrected chi connectivity index (χ2v) is 6.96. The van der Waals surface area contributed by atoms with Crippen LogP contribution in [-0.4, -0.2) is 38.5 Å². The number of benzene rings is 1. The summed E-state index contributed by atoms with van der Waals surface area (Å²) in [7, 11) is 1.81. The maximum absolute atomic E-state index is 12.0. The Balaban J connectivity index is 1.68. The van der Waals surface area contributed by atoms with E-state index in [0.29, 0.717) is 17.3 Å². The highest BCUT2D eigenvalue weighted by molar-refractivity contribution is 7.09. The first-order chi connectivity index (χ1) is 11.5. The fourth-order valence-electron chi connectivity index (χ4n) is 2.21. The number of thiophene rings is 1. The highest BCUT2D eigenvalue weighted by Gasteiger charge is 2.14. The number of carbonyl (C=O) groups is 2. The summed E-state index contributed by atoms with van der Waals surface area (Å²) in [4.78, 5) is 26.0. The first kappa shape index (κ1) is 18.4. The zero-order valence-electron chi connectivity index (χ0n) is 13.5. The normalized spacial score (nSPS) is 11.8. The predicted octanol–water partition coefficient (Wildman–Crippen LogP) is 1.21. The van der Waals surface area contributed by atoms with E-state index in [4.69, 9.17) is 11.6 Å². The maximum Gasteiger partial charge on any atom is 0.279 e. The number of anilines is 1. The van der Waals surface area contributed by atoms with Crippen LogP contribution in [0.5, 0.6) is 0 Å². The summed E-state index contributed by atoms with van der Waals surface area (Å²) >= 11 is 7.68. The van der Waals surface area contributed by atoms with E-state index < -0.39 is 0 Å². The van der Waals surface area contributed by atoms with Gasteiger partial charge in [0.25, 0.3) is 11.8 Å². The van der Waals surface area contributed by atoms with Gasteiger partial charge in [-0.3, -0.25) is 9.59 Å². The van der Waals surface area contributed by atoms with Crippen molar-refractivity contribution in [1.82, 2.24) is 5.32 Å². The van der Waals surface area contributed by atoms with Gasteiger partial charge in [-0.05, 0) is 30.0 Å². The van der Waals surface area contributed by atoms with Crippen molar-refractivity contribution in [3.05, 3.63) is 51.7 Å². The van der Waals surface area contributed by atoms with Gasteiger partial charge in [0, 0.05) is 11.4 Å². The minimum Gasteiger partial charge on any atom is -0.351 e. The number of likely N-dealkylation sites (N-methyl/N-ethyl adjacent to an activating group) is 1. The number of halogens is 1. The summed E-state index contributed by atoms with van der Waals surface area (Å²) in [5.41, 5.74) is 0.581. The monoisotopic (exact) mass is 366 g/mol. The molecule has 7 heteroatoms. The zero-order chi connectivity index (χ0) is 17.4. The average molecular weight is 367 g/mol. The number of quaternary nitrogens is 1. The Morgan fingerprint density at radius 2 is 1.88 bits per heavy atom. The predicted molar refractivity (Wildman–Crippen MR) is 97.7 cm³/mol. The summed E-state index contributed by atoms with van der Waals surface area (Å²) < 4.78 is 0. The third-order valence-electron chi connectivity index (χ3n) is 3.35. The largest absolute Gasteiger partial charge is 0.351 e. The van der Waals surface area contributed by atoms with Crippen LogP contribution in [0.4, 0.5) is 5.69 Å². The molecule has 2 rings (SSSR count). The van der Waals surface area contributed by atoms with Gasteiger partial charge in [-0.1, -0.05) is 29.8 Å². The molecular weight excluding hydrogens is 346 g/mol. The summed E-state index contributed by atoms with van der Waals surface area (Å²) in [5, 5.41) is 8.15. The van der Waals surface area contributed by atoms with Gasteiger partial charge < -0.3 is 15.5 Å². The Kier molecular flexibility index (Phi) is 7.24. The molecule has 5 nitrogen and oxygen atoms in total. The number of hydrogen-bond acceptors (Lipinski definition) is 3.